The molecule has 1 heterocycles. The van der Waals surface area contributed by atoms with Crippen LogP contribution in [0.25, 0.3) is 11.0 Å². The number of rotatable bonds is 2. The van der Waals surface area contributed by atoms with E-state index in [1.54, 1.807) is 12.1 Å². The van der Waals surface area contributed by atoms with Crippen LogP contribution in [0.15, 0.2) is 41.2 Å². The number of H-pyrrole nitrogens is 1. The van der Waals surface area contributed by atoms with Gasteiger partial charge in [0, 0.05) is 6.42 Å². The van der Waals surface area contributed by atoms with Gasteiger partial charge in [-0.25, -0.2) is 9.37 Å². The highest BCUT2D eigenvalue weighted by atomic mass is 19.1. The van der Waals surface area contributed by atoms with Crippen LogP contribution in [0.1, 0.15) is 22.4 Å². The third kappa shape index (κ3) is 2.70. The molecule has 0 aliphatic rings. The molecule has 4 heteroatoms. The van der Waals surface area contributed by atoms with Gasteiger partial charge in [-0.05, 0) is 54.8 Å². The second-order valence-electron chi connectivity index (χ2n) is 5.27. The van der Waals surface area contributed by atoms with E-state index in [9.17, 15) is 9.18 Å². The minimum absolute atomic E-state index is 0.227. The number of benzene rings is 2. The summed E-state index contributed by atoms with van der Waals surface area (Å²) in [6.07, 6.45) is 0.315. The molecule has 0 bridgehead atoms. The first-order chi connectivity index (χ1) is 10.0. The first-order valence-electron chi connectivity index (χ1n) is 6.77. The van der Waals surface area contributed by atoms with E-state index in [4.69, 9.17) is 0 Å². The Morgan fingerprint density at radius 1 is 1.14 bits per heavy atom. The lowest BCUT2D eigenvalue weighted by molar-refractivity contribution is 0.626. The summed E-state index contributed by atoms with van der Waals surface area (Å²) < 4.78 is 13.2. The van der Waals surface area contributed by atoms with Crippen LogP contribution < -0.4 is 5.56 Å². The van der Waals surface area contributed by atoms with Crippen LogP contribution in [0.3, 0.4) is 0 Å². The van der Waals surface area contributed by atoms with Crippen molar-refractivity contribution in [2.24, 2.45) is 0 Å². The quantitative estimate of drug-likeness (QED) is 0.784. The molecule has 2 aromatic carbocycles. The Balaban J connectivity index is 2.08. The topological polar surface area (TPSA) is 45.8 Å². The maximum absolute atomic E-state index is 13.2. The van der Waals surface area contributed by atoms with Gasteiger partial charge in [-0.3, -0.25) is 4.79 Å². The standard InChI is InChI=1S/C17H15FN2O/c1-10-6-14-15(7-11(10)2)20-17(21)16(19-14)9-12-4-3-5-13(18)8-12/h3-8H,9H2,1-2H3,(H,20,21). The van der Waals surface area contributed by atoms with E-state index in [2.05, 4.69) is 9.97 Å². The Hall–Kier alpha value is -2.49. The van der Waals surface area contributed by atoms with Crippen LogP contribution >= 0.6 is 0 Å². The van der Waals surface area contributed by atoms with Gasteiger partial charge in [-0.1, -0.05) is 12.1 Å². The summed E-state index contributed by atoms with van der Waals surface area (Å²) in [6.45, 7) is 4.00. The lowest BCUT2D eigenvalue weighted by Crippen LogP contribution is -2.15. The van der Waals surface area contributed by atoms with E-state index < -0.39 is 0 Å². The highest BCUT2D eigenvalue weighted by Crippen LogP contribution is 2.15. The molecule has 0 amide bonds. The van der Waals surface area contributed by atoms with Crippen LogP contribution in [0.4, 0.5) is 4.39 Å². The number of halogens is 1. The number of hydrogen-bond donors (Lipinski definition) is 1. The van der Waals surface area contributed by atoms with E-state index >= 15 is 0 Å². The van der Waals surface area contributed by atoms with Gasteiger partial charge in [0.05, 0.1) is 11.0 Å². The van der Waals surface area contributed by atoms with Crippen molar-refractivity contribution in [1.82, 2.24) is 9.97 Å². The number of aryl methyl sites for hydroxylation is 2. The summed E-state index contributed by atoms with van der Waals surface area (Å²) in [5, 5.41) is 0. The van der Waals surface area contributed by atoms with Crippen molar-refractivity contribution in [3.8, 4) is 0 Å². The Bertz CT molecular complexity index is 884. The van der Waals surface area contributed by atoms with Crippen LogP contribution in [-0.4, -0.2) is 9.97 Å². The smallest absolute Gasteiger partial charge is 0.270 e. The molecule has 0 unspecified atom stereocenters. The number of aromatic nitrogens is 2. The molecule has 3 rings (SSSR count). The Morgan fingerprint density at radius 2 is 1.90 bits per heavy atom. The summed E-state index contributed by atoms with van der Waals surface area (Å²) in [5.41, 5.74) is 4.62. The average molecular weight is 282 g/mol. The molecule has 21 heavy (non-hydrogen) atoms. The fourth-order valence-electron chi connectivity index (χ4n) is 2.34. The summed E-state index contributed by atoms with van der Waals surface area (Å²) in [6, 6.07) is 10.1. The zero-order valence-corrected chi connectivity index (χ0v) is 11.9. The molecule has 0 aliphatic carbocycles. The van der Waals surface area contributed by atoms with Gasteiger partial charge >= 0.3 is 0 Å². The molecular weight excluding hydrogens is 267 g/mol. The lowest BCUT2D eigenvalue weighted by atomic mass is 10.1. The monoisotopic (exact) mass is 282 g/mol. The predicted octanol–water partition coefficient (Wildman–Crippen LogP) is 3.27. The van der Waals surface area contributed by atoms with Crippen molar-refractivity contribution >= 4 is 11.0 Å². The fraction of sp³-hybridized carbons (Fsp3) is 0.176. The van der Waals surface area contributed by atoms with Crippen molar-refractivity contribution in [1.29, 1.82) is 0 Å². The van der Waals surface area contributed by atoms with Crippen molar-refractivity contribution in [2.75, 3.05) is 0 Å². The van der Waals surface area contributed by atoms with Gasteiger partial charge < -0.3 is 4.98 Å². The van der Waals surface area contributed by atoms with Crippen molar-refractivity contribution < 1.29 is 4.39 Å². The summed E-state index contributed by atoms with van der Waals surface area (Å²) in [4.78, 5) is 19.4. The molecule has 0 spiro atoms. The summed E-state index contributed by atoms with van der Waals surface area (Å²) in [5.74, 6) is -0.309. The van der Waals surface area contributed by atoms with Gasteiger partial charge in [-0.15, -0.1) is 0 Å². The first kappa shape index (κ1) is 13.5. The van der Waals surface area contributed by atoms with E-state index in [1.165, 1.54) is 12.1 Å². The second kappa shape index (κ2) is 5.13. The molecule has 3 nitrogen and oxygen atoms in total. The lowest BCUT2D eigenvalue weighted by Gasteiger charge is -2.06. The molecule has 1 N–H and O–H groups in total. The van der Waals surface area contributed by atoms with Gasteiger partial charge in [0.25, 0.3) is 5.56 Å². The van der Waals surface area contributed by atoms with Crippen molar-refractivity contribution in [3.63, 3.8) is 0 Å². The van der Waals surface area contributed by atoms with Crippen LogP contribution in [-0.2, 0) is 6.42 Å². The van der Waals surface area contributed by atoms with Gasteiger partial charge in [0.15, 0.2) is 0 Å². The van der Waals surface area contributed by atoms with Gasteiger partial charge in [0.2, 0.25) is 0 Å². The molecule has 0 fully saturated rings. The van der Waals surface area contributed by atoms with Crippen LogP contribution in [0.5, 0.6) is 0 Å². The SMILES string of the molecule is Cc1cc2nc(Cc3cccc(F)c3)c(=O)[nH]c2cc1C. The third-order valence-electron chi connectivity index (χ3n) is 3.64. The maximum Gasteiger partial charge on any atom is 0.270 e. The van der Waals surface area contributed by atoms with Crippen LogP contribution in [0.2, 0.25) is 0 Å². The molecule has 0 radical (unpaired) electrons. The number of aromatic amines is 1. The minimum atomic E-state index is -0.309. The normalized spacial score (nSPS) is 11.0. The molecular formula is C17H15FN2O. The third-order valence-corrected chi connectivity index (χ3v) is 3.64. The molecule has 0 atom stereocenters. The zero-order chi connectivity index (χ0) is 15.0. The molecule has 106 valence electrons. The number of nitrogens with zero attached hydrogens (tertiary/aromatic N) is 1. The highest BCUT2D eigenvalue weighted by Gasteiger charge is 2.08. The van der Waals surface area contributed by atoms with Crippen LogP contribution in [0, 0.1) is 19.7 Å². The van der Waals surface area contributed by atoms with Crippen molar-refractivity contribution in [2.45, 2.75) is 20.3 Å². The second-order valence-corrected chi connectivity index (χ2v) is 5.27. The number of hydrogen-bond acceptors (Lipinski definition) is 2. The largest absolute Gasteiger partial charge is 0.319 e. The van der Waals surface area contributed by atoms with E-state index in [0.29, 0.717) is 12.1 Å². The number of nitrogens with one attached hydrogen (secondary N) is 1. The van der Waals surface area contributed by atoms with Gasteiger partial charge in [0.1, 0.15) is 11.5 Å². The molecule has 0 aliphatic heterocycles. The summed E-state index contributed by atoms with van der Waals surface area (Å²) in [7, 11) is 0. The molecule has 0 saturated carbocycles. The Kier molecular flexibility index (Phi) is 3.29. The van der Waals surface area contributed by atoms with E-state index in [1.807, 2.05) is 26.0 Å². The number of fused-ring (bicyclic) bond motifs is 1. The fourth-order valence-corrected chi connectivity index (χ4v) is 2.34. The van der Waals surface area contributed by atoms with Gasteiger partial charge in [-0.2, -0.15) is 0 Å². The molecule has 0 saturated heterocycles. The Morgan fingerprint density at radius 3 is 2.67 bits per heavy atom. The Labute approximate surface area is 121 Å². The van der Waals surface area contributed by atoms with Crippen molar-refractivity contribution in [3.05, 3.63) is 75.0 Å². The summed E-state index contributed by atoms with van der Waals surface area (Å²) >= 11 is 0. The predicted molar refractivity (Wildman–Crippen MR) is 81.0 cm³/mol. The molecule has 1 aromatic heterocycles. The van der Waals surface area contributed by atoms with E-state index in [-0.39, 0.29) is 11.4 Å². The average Bonchev–Trinajstić information content (AvgIpc) is 2.42. The first-order valence-corrected chi connectivity index (χ1v) is 6.77. The van der Waals surface area contributed by atoms with E-state index in [0.717, 1.165) is 27.7 Å². The minimum Gasteiger partial charge on any atom is -0.319 e. The maximum atomic E-state index is 13.2. The zero-order valence-electron chi connectivity index (χ0n) is 11.9. The molecule has 3 aromatic rings. The highest BCUT2D eigenvalue weighted by molar-refractivity contribution is 5.76.